The van der Waals surface area contributed by atoms with Gasteiger partial charge in [-0.2, -0.15) is 0 Å². The number of phosphoric acid groups is 2. The first-order chi connectivity index (χ1) is 46.2. The van der Waals surface area contributed by atoms with Crippen LogP contribution in [0.15, 0.2) is 0 Å². The van der Waals surface area contributed by atoms with E-state index in [9.17, 15) is 43.2 Å². The second-order valence-electron chi connectivity index (χ2n) is 28.7. The number of esters is 4. The van der Waals surface area contributed by atoms with Gasteiger partial charge >= 0.3 is 39.5 Å². The van der Waals surface area contributed by atoms with Crippen LogP contribution in [0.4, 0.5) is 0 Å². The summed E-state index contributed by atoms with van der Waals surface area (Å²) in [6.07, 6.45) is 50.9. The topological polar surface area (TPSA) is 237 Å². The summed E-state index contributed by atoms with van der Waals surface area (Å²) in [6, 6.07) is 0. The van der Waals surface area contributed by atoms with Crippen LogP contribution >= 0.6 is 15.6 Å². The van der Waals surface area contributed by atoms with E-state index < -0.39 is 97.5 Å². The standard InChI is InChI=1S/C77H150O17P2/c1-9-67(5)53-45-37-29-21-13-17-25-33-41-49-57-74(79)87-63-72(93-76(81)59-51-43-35-27-19-15-23-31-39-47-55-69(7)11-3)65-91-95(83,84)89-61-71(78)62-90-96(85,86)92-66-73(94-77(82)60-52-44-36-28-20-16-24-32-40-48-56-70(8)12-4)64-88-75(80)58-50-42-34-26-18-14-22-30-38-46-54-68(6)10-2/h67-73,78H,9-66H2,1-8H3,(H,83,84)(H,85,86). The van der Waals surface area contributed by atoms with E-state index in [4.69, 9.17) is 37.0 Å². The molecule has 0 bridgehead atoms. The Labute approximate surface area is 588 Å². The highest BCUT2D eigenvalue weighted by atomic mass is 31.2. The third kappa shape index (κ3) is 65.4. The minimum absolute atomic E-state index is 0.106. The quantitative estimate of drug-likeness (QED) is 0.0222. The predicted octanol–water partition coefficient (Wildman–Crippen LogP) is 22.4. The molecule has 19 heteroatoms. The average molecular weight is 1410 g/mol. The highest BCUT2D eigenvalue weighted by Gasteiger charge is 2.30. The molecule has 0 amide bonds. The minimum atomic E-state index is -4.96. The van der Waals surface area contributed by atoms with E-state index in [1.165, 1.54) is 193 Å². The van der Waals surface area contributed by atoms with Crippen molar-refractivity contribution >= 4 is 39.5 Å². The molecule has 0 radical (unpaired) electrons. The SMILES string of the molecule is CCC(C)CCCCCCCCCCCCC(=O)OCC(COP(=O)(O)OCC(O)COP(=O)(O)OCC(COC(=O)CCCCCCCCCCCCC(C)CC)OC(=O)CCCCCCCCCCCCC(C)CC)OC(=O)CCCCCCCCCCCCC(C)CC. The van der Waals surface area contributed by atoms with E-state index in [1.54, 1.807) is 0 Å². The number of phosphoric ester groups is 2. The fourth-order valence-electron chi connectivity index (χ4n) is 11.6. The molecule has 570 valence electrons. The Morgan fingerprint density at radius 3 is 0.688 bits per heavy atom. The van der Waals surface area contributed by atoms with E-state index in [2.05, 4.69) is 55.4 Å². The van der Waals surface area contributed by atoms with Crippen LogP contribution in [-0.4, -0.2) is 96.7 Å². The van der Waals surface area contributed by atoms with Crippen LogP contribution in [0.25, 0.3) is 0 Å². The van der Waals surface area contributed by atoms with Crippen LogP contribution in [0, 0.1) is 23.7 Å². The Morgan fingerprint density at radius 1 is 0.281 bits per heavy atom. The first-order valence-electron chi connectivity index (χ1n) is 39.9. The molecule has 0 fully saturated rings. The molecule has 0 aliphatic heterocycles. The molecule has 3 N–H and O–H groups in total. The van der Waals surface area contributed by atoms with E-state index in [-0.39, 0.29) is 25.7 Å². The molecule has 0 aliphatic rings. The molecule has 8 unspecified atom stereocenters. The lowest BCUT2D eigenvalue weighted by Crippen LogP contribution is -2.30. The lowest BCUT2D eigenvalue weighted by atomic mass is 9.99. The number of hydrogen-bond acceptors (Lipinski definition) is 15. The van der Waals surface area contributed by atoms with Crippen molar-refractivity contribution < 1.29 is 80.2 Å². The Kier molecular flexibility index (Phi) is 65.0. The summed E-state index contributed by atoms with van der Waals surface area (Å²) in [6.45, 7) is 14.3. The van der Waals surface area contributed by atoms with Crippen molar-refractivity contribution in [3.05, 3.63) is 0 Å². The van der Waals surface area contributed by atoms with Gasteiger partial charge in [-0.3, -0.25) is 37.3 Å². The van der Waals surface area contributed by atoms with Gasteiger partial charge in [-0.15, -0.1) is 0 Å². The summed E-state index contributed by atoms with van der Waals surface area (Å²) >= 11 is 0. The van der Waals surface area contributed by atoms with Gasteiger partial charge in [-0.05, 0) is 49.4 Å². The molecule has 0 spiro atoms. The van der Waals surface area contributed by atoms with Gasteiger partial charge in [0.1, 0.15) is 19.3 Å². The van der Waals surface area contributed by atoms with Gasteiger partial charge in [-0.25, -0.2) is 9.13 Å². The van der Waals surface area contributed by atoms with Gasteiger partial charge in [0.25, 0.3) is 0 Å². The molecule has 0 aromatic heterocycles. The first-order valence-corrected chi connectivity index (χ1v) is 42.8. The average Bonchev–Trinajstić information content (AvgIpc) is 1.25. The lowest BCUT2D eigenvalue weighted by molar-refractivity contribution is -0.161. The third-order valence-electron chi connectivity index (χ3n) is 19.3. The summed E-state index contributed by atoms with van der Waals surface area (Å²) in [4.78, 5) is 72.9. The Hall–Kier alpha value is -1.94. The molecule has 0 rings (SSSR count). The van der Waals surface area contributed by atoms with Gasteiger partial charge in [-0.1, -0.05) is 338 Å². The number of aliphatic hydroxyl groups is 1. The van der Waals surface area contributed by atoms with Crippen molar-refractivity contribution in [2.24, 2.45) is 23.7 Å². The maximum atomic E-state index is 13.1. The Morgan fingerprint density at radius 2 is 0.469 bits per heavy atom. The highest BCUT2D eigenvalue weighted by molar-refractivity contribution is 7.47. The molecule has 0 aromatic rings. The number of carbonyl (C=O) groups is 4. The predicted molar refractivity (Wildman–Crippen MR) is 391 cm³/mol. The lowest BCUT2D eigenvalue weighted by Gasteiger charge is -2.21. The van der Waals surface area contributed by atoms with Crippen LogP contribution < -0.4 is 0 Å². The van der Waals surface area contributed by atoms with Gasteiger partial charge in [0.2, 0.25) is 0 Å². The number of ether oxygens (including phenoxy) is 4. The number of hydrogen-bond donors (Lipinski definition) is 3. The normalized spacial score (nSPS) is 15.2. The second-order valence-corrected chi connectivity index (χ2v) is 31.6. The van der Waals surface area contributed by atoms with Crippen molar-refractivity contribution in [2.75, 3.05) is 39.6 Å². The van der Waals surface area contributed by atoms with Crippen molar-refractivity contribution in [3.63, 3.8) is 0 Å². The van der Waals surface area contributed by atoms with E-state index in [0.29, 0.717) is 25.7 Å². The molecular weight excluding hydrogens is 1260 g/mol. The molecule has 0 saturated carbocycles. The van der Waals surface area contributed by atoms with E-state index in [0.717, 1.165) is 114 Å². The van der Waals surface area contributed by atoms with Crippen LogP contribution in [0.3, 0.4) is 0 Å². The zero-order chi connectivity index (χ0) is 71.0. The van der Waals surface area contributed by atoms with Gasteiger partial charge in [0.15, 0.2) is 12.2 Å². The largest absolute Gasteiger partial charge is 0.472 e. The Bertz CT molecular complexity index is 1760. The number of aliphatic hydroxyl groups excluding tert-OH is 1. The minimum Gasteiger partial charge on any atom is -0.462 e. The monoisotopic (exact) mass is 1410 g/mol. The van der Waals surface area contributed by atoms with Crippen molar-refractivity contribution in [3.8, 4) is 0 Å². The number of rotatable bonds is 74. The van der Waals surface area contributed by atoms with Crippen LogP contribution in [-0.2, 0) is 65.4 Å². The van der Waals surface area contributed by atoms with Gasteiger partial charge in [0.05, 0.1) is 26.4 Å². The van der Waals surface area contributed by atoms with Gasteiger partial charge in [0, 0.05) is 25.7 Å². The third-order valence-corrected chi connectivity index (χ3v) is 21.2. The number of carbonyl (C=O) groups excluding carboxylic acids is 4. The molecule has 0 aromatic carbocycles. The maximum absolute atomic E-state index is 13.1. The first kappa shape index (κ1) is 94.1. The van der Waals surface area contributed by atoms with Crippen LogP contribution in [0.5, 0.6) is 0 Å². The summed E-state index contributed by atoms with van der Waals surface area (Å²) in [5.74, 6) is 1.11. The summed E-state index contributed by atoms with van der Waals surface area (Å²) in [5.41, 5.74) is 0. The molecule has 96 heavy (non-hydrogen) atoms. The second kappa shape index (κ2) is 66.3. The highest BCUT2D eigenvalue weighted by Crippen LogP contribution is 2.45. The van der Waals surface area contributed by atoms with E-state index in [1.807, 2.05) is 0 Å². The Balaban J connectivity index is 5.30. The summed E-state index contributed by atoms with van der Waals surface area (Å²) < 4.78 is 68.6. The summed E-state index contributed by atoms with van der Waals surface area (Å²) in [5, 5.41) is 10.6. The zero-order valence-electron chi connectivity index (χ0n) is 63.0. The van der Waals surface area contributed by atoms with Crippen molar-refractivity contribution in [1.29, 1.82) is 0 Å². The van der Waals surface area contributed by atoms with Gasteiger partial charge < -0.3 is 33.8 Å². The smallest absolute Gasteiger partial charge is 0.462 e. The summed E-state index contributed by atoms with van der Waals surface area (Å²) in [7, 11) is -9.92. The van der Waals surface area contributed by atoms with Crippen molar-refractivity contribution in [1.82, 2.24) is 0 Å². The van der Waals surface area contributed by atoms with E-state index >= 15 is 0 Å². The maximum Gasteiger partial charge on any atom is 0.472 e. The van der Waals surface area contributed by atoms with Crippen LogP contribution in [0.1, 0.15) is 389 Å². The molecule has 8 atom stereocenters. The van der Waals surface area contributed by atoms with Crippen molar-refractivity contribution in [2.45, 2.75) is 408 Å². The fraction of sp³-hybridized carbons (Fsp3) is 0.948. The molecule has 0 saturated heterocycles. The molecule has 17 nitrogen and oxygen atoms in total. The molecule has 0 heterocycles. The van der Waals surface area contributed by atoms with Crippen LogP contribution in [0.2, 0.25) is 0 Å². The molecular formula is C77H150O17P2. The zero-order valence-corrected chi connectivity index (χ0v) is 64.8. The molecule has 0 aliphatic carbocycles. The fourth-order valence-corrected chi connectivity index (χ4v) is 13.2. The number of unbranched alkanes of at least 4 members (excludes halogenated alkanes) is 36.